The lowest BCUT2D eigenvalue weighted by Gasteiger charge is -2.06. The number of ether oxygens (including phenoxy) is 1. The topological polar surface area (TPSA) is 59.4 Å². The van der Waals surface area contributed by atoms with Gasteiger partial charge in [0, 0.05) is 17.5 Å². The molecule has 18 heavy (non-hydrogen) atoms. The van der Waals surface area contributed by atoms with E-state index in [4.69, 9.17) is 9.84 Å². The molecule has 2 unspecified atom stereocenters. The predicted octanol–water partition coefficient (Wildman–Crippen LogP) is 2.43. The number of methoxy groups -OCH3 is 1. The number of fused-ring (bicyclic) bond motifs is 1. The summed E-state index contributed by atoms with van der Waals surface area (Å²) >= 11 is 0. The van der Waals surface area contributed by atoms with Crippen LogP contribution in [-0.2, 0) is 4.79 Å². The number of hydrogen-bond donors (Lipinski definition) is 1. The molecule has 1 fully saturated rings. The van der Waals surface area contributed by atoms with E-state index < -0.39 is 5.97 Å². The number of nitrogens with zero attached hydrogens (tertiary/aromatic N) is 1. The van der Waals surface area contributed by atoms with Gasteiger partial charge in [0.25, 0.3) is 0 Å². The molecule has 1 aliphatic carbocycles. The molecule has 1 aromatic carbocycles. The number of aliphatic carboxylic acids is 1. The molecule has 1 aliphatic rings. The smallest absolute Gasteiger partial charge is 0.307 e. The second-order valence-corrected chi connectivity index (χ2v) is 4.57. The van der Waals surface area contributed by atoms with Crippen LogP contribution in [0, 0.1) is 5.92 Å². The lowest BCUT2D eigenvalue weighted by molar-refractivity contribution is -0.138. The zero-order valence-electron chi connectivity index (χ0n) is 9.96. The van der Waals surface area contributed by atoms with Gasteiger partial charge in [-0.25, -0.2) is 0 Å². The largest absolute Gasteiger partial charge is 0.497 e. The Balaban J connectivity index is 2.06. The Labute approximate surface area is 104 Å². The van der Waals surface area contributed by atoms with Crippen molar-refractivity contribution in [3.63, 3.8) is 0 Å². The van der Waals surface area contributed by atoms with Gasteiger partial charge in [-0.2, -0.15) is 0 Å². The van der Waals surface area contributed by atoms with E-state index in [1.165, 1.54) is 0 Å². The third kappa shape index (κ3) is 1.70. The number of carboxylic acids is 1. The Morgan fingerprint density at radius 3 is 2.94 bits per heavy atom. The number of rotatable bonds is 3. The van der Waals surface area contributed by atoms with E-state index in [1.807, 2.05) is 24.3 Å². The van der Waals surface area contributed by atoms with Gasteiger partial charge in [0.15, 0.2) is 0 Å². The molecule has 1 aromatic heterocycles. The molecule has 1 saturated carbocycles. The third-order valence-corrected chi connectivity index (χ3v) is 3.46. The van der Waals surface area contributed by atoms with Crippen LogP contribution in [0.15, 0.2) is 30.5 Å². The Hall–Kier alpha value is -2.10. The van der Waals surface area contributed by atoms with Gasteiger partial charge in [-0.3, -0.25) is 9.78 Å². The number of carboxylic acid groups (broad SMARTS) is 1. The van der Waals surface area contributed by atoms with E-state index in [2.05, 4.69) is 4.98 Å². The van der Waals surface area contributed by atoms with Crippen LogP contribution in [0.5, 0.6) is 5.75 Å². The van der Waals surface area contributed by atoms with Gasteiger partial charge in [-0.1, -0.05) is 0 Å². The molecule has 92 valence electrons. The van der Waals surface area contributed by atoms with Crippen molar-refractivity contribution in [2.45, 2.75) is 12.3 Å². The first-order valence-electron chi connectivity index (χ1n) is 5.86. The van der Waals surface area contributed by atoms with Gasteiger partial charge < -0.3 is 9.84 Å². The van der Waals surface area contributed by atoms with E-state index in [-0.39, 0.29) is 11.8 Å². The van der Waals surface area contributed by atoms with Crippen molar-refractivity contribution >= 4 is 16.7 Å². The Bertz CT molecular complexity index is 623. The second-order valence-electron chi connectivity index (χ2n) is 4.57. The molecule has 4 nitrogen and oxygen atoms in total. The van der Waals surface area contributed by atoms with Crippen LogP contribution in [0.2, 0.25) is 0 Å². The van der Waals surface area contributed by atoms with E-state index in [9.17, 15) is 4.79 Å². The van der Waals surface area contributed by atoms with E-state index >= 15 is 0 Å². The molecule has 0 bridgehead atoms. The van der Waals surface area contributed by atoms with Gasteiger partial charge >= 0.3 is 5.97 Å². The molecule has 0 amide bonds. The monoisotopic (exact) mass is 243 g/mol. The van der Waals surface area contributed by atoms with Crippen LogP contribution < -0.4 is 4.74 Å². The SMILES string of the molecule is COc1ccc2c(C3CC3C(=O)O)nccc2c1. The highest BCUT2D eigenvalue weighted by molar-refractivity contribution is 5.87. The molecule has 4 heteroatoms. The second kappa shape index (κ2) is 3.98. The molecular weight excluding hydrogens is 230 g/mol. The molecule has 1 heterocycles. The van der Waals surface area contributed by atoms with Crippen molar-refractivity contribution in [2.24, 2.45) is 5.92 Å². The van der Waals surface area contributed by atoms with Gasteiger partial charge in [0.2, 0.25) is 0 Å². The summed E-state index contributed by atoms with van der Waals surface area (Å²) in [5.41, 5.74) is 0.891. The standard InChI is InChI=1S/C14H13NO3/c1-18-9-2-3-10-8(6-9)4-5-15-13(10)11-7-12(11)14(16)17/h2-6,11-12H,7H2,1H3,(H,16,17). The molecule has 2 atom stereocenters. The fourth-order valence-electron chi connectivity index (χ4n) is 2.37. The summed E-state index contributed by atoms with van der Waals surface area (Å²) in [5, 5.41) is 11.0. The van der Waals surface area contributed by atoms with Crippen LogP contribution >= 0.6 is 0 Å². The summed E-state index contributed by atoms with van der Waals surface area (Å²) in [7, 11) is 1.63. The number of carbonyl (C=O) groups is 1. The minimum atomic E-state index is -0.729. The molecule has 0 saturated heterocycles. The summed E-state index contributed by atoms with van der Waals surface area (Å²) < 4.78 is 5.18. The first kappa shape index (κ1) is 11.0. The number of pyridine rings is 1. The zero-order chi connectivity index (χ0) is 12.7. The van der Waals surface area contributed by atoms with Crippen molar-refractivity contribution in [1.82, 2.24) is 4.98 Å². The minimum absolute atomic E-state index is 0.0552. The van der Waals surface area contributed by atoms with E-state index in [1.54, 1.807) is 13.3 Å². The van der Waals surface area contributed by atoms with Crippen molar-refractivity contribution in [1.29, 1.82) is 0 Å². The first-order valence-corrected chi connectivity index (χ1v) is 5.86. The Morgan fingerprint density at radius 2 is 2.28 bits per heavy atom. The van der Waals surface area contributed by atoms with Crippen LogP contribution in [0.3, 0.4) is 0 Å². The average Bonchev–Trinajstić information content (AvgIpc) is 3.17. The number of benzene rings is 1. The maximum Gasteiger partial charge on any atom is 0.307 e. The summed E-state index contributed by atoms with van der Waals surface area (Å²) in [6.45, 7) is 0. The van der Waals surface area contributed by atoms with Crippen molar-refractivity contribution in [2.75, 3.05) is 7.11 Å². The molecular formula is C14H13NO3. The van der Waals surface area contributed by atoms with E-state index in [0.29, 0.717) is 6.42 Å². The zero-order valence-corrected chi connectivity index (χ0v) is 9.96. The summed E-state index contributed by atoms with van der Waals surface area (Å²) in [6.07, 6.45) is 2.42. The highest BCUT2D eigenvalue weighted by Gasteiger charge is 2.45. The molecule has 0 radical (unpaired) electrons. The third-order valence-electron chi connectivity index (χ3n) is 3.46. The highest BCUT2D eigenvalue weighted by Crippen LogP contribution is 2.48. The molecule has 0 aliphatic heterocycles. The maximum absolute atomic E-state index is 10.9. The lowest BCUT2D eigenvalue weighted by atomic mass is 10.1. The van der Waals surface area contributed by atoms with Crippen molar-refractivity contribution < 1.29 is 14.6 Å². The van der Waals surface area contributed by atoms with E-state index in [0.717, 1.165) is 22.2 Å². The number of hydrogen-bond acceptors (Lipinski definition) is 3. The fraction of sp³-hybridized carbons (Fsp3) is 0.286. The Kier molecular flexibility index (Phi) is 2.44. The van der Waals surface area contributed by atoms with Crippen LogP contribution in [0.4, 0.5) is 0 Å². The summed E-state index contributed by atoms with van der Waals surface area (Å²) in [4.78, 5) is 15.3. The summed E-state index contributed by atoms with van der Waals surface area (Å²) in [5.74, 6) is -0.151. The van der Waals surface area contributed by atoms with Crippen molar-refractivity contribution in [3.8, 4) is 5.75 Å². The summed E-state index contributed by atoms with van der Waals surface area (Å²) in [6, 6.07) is 7.69. The lowest BCUT2D eigenvalue weighted by Crippen LogP contribution is -2.00. The Morgan fingerprint density at radius 1 is 1.44 bits per heavy atom. The highest BCUT2D eigenvalue weighted by atomic mass is 16.5. The van der Waals surface area contributed by atoms with Gasteiger partial charge in [0.1, 0.15) is 5.75 Å². The van der Waals surface area contributed by atoms with Gasteiger partial charge in [-0.05, 0) is 36.1 Å². The molecule has 0 spiro atoms. The average molecular weight is 243 g/mol. The van der Waals surface area contributed by atoms with Crippen LogP contribution in [0.1, 0.15) is 18.0 Å². The van der Waals surface area contributed by atoms with Gasteiger partial charge in [0.05, 0.1) is 18.7 Å². The predicted molar refractivity (Wildman–Crippen MR) is 66.8 cm³/mol. The van der Waals surface area contributed by atoms with Crippen LogP contribution in [-0.4, -0.2) is 23.2 Å². The fourth-order valence-corrected chi connectivity index (χ4v) is 2.37. The number of aromatic nitrogens is 1. The van der Waals surface area contributed by atoms with Gasteiger partial charge in [-0.15, -0.1) is 0 Å². The quantitative estimate of drug-likeness (QED) is 0.899. The first-order chi connectivity index (χ1) is 8.70. The minimum Gasteiger partial charge on any atom is -0.497 e. The van der Waals surface area contributed by atoms with Crippen LogP contribution in [0.25, 0.3) is 10.8 Å². The normalized spacial score (nSPS) is 21.8. The maximum atomic E-state index is 10.9. The van der Waals surface area contributed by atoms with Crippen molar-refractivity contribution in [3.05, 3.63) is 36.2 Å². The molecule has 3 rings (SSSR count). The molecule has 1 N–H and O–H groups in total. The molecule has 2 aromatic rings.